The highest BCUT2D eigenvalue weighted by Crippen LogP contribution is 2.58. The average molecular weight is 537 g/mol. The molecule has 5 rings (SSSR count). The first-order valence-corrected chi connectivity index (χ1v) is 14.4. The summed E-state index contributed by atoms with van der Waals surface area (Å²) in [7, 11) is 0. The molecule has 4 aliphatic heterocycles. The van der Waals surface area contributed by atoms with Gasteiger partial charge >= 0.3 is 5.97 Å². The molecule has 8 heteroatoms. The number of aliphatic hydroxyl groups excluding tert-OH is 1. The minimum Gasteiger partial charge on any atom is -0.465 e. The van der Waals surface area contributed by atoms with Gasteiger partial charge in [0.2, 0.25) is 11.8 Å². The SMILES string of the molecule is CCCCCN1CC=C[C@]23O[C@]4(CC)C=CCCOC(=O)[C@@H]4[C@H]2C(=O)N([C@@H](CO)Cc2ccccc2)C3C1=O. The van der Waals surface area contributed by atoms with Crippen LogP contribution in [0.5, 0.6) is 0 Å². The highest BCUT2D eigenvalue weighted by atomic mass is 16.6. The highest BCUT2D eigenvalue weighted by molar-refractivity contribution is 5.99. The van der Waals surface area contributed by atoms with E-state index in [4.69, 9.17) is 9.47 Å². The zero-order valence-electron chi connectivity index (χ0n) is 23.0. The van der Waals surface area contributed by atoms with E-state index in [0.717, 1.165) is 24.8 Å². The minimum atomic E-state index is -1.34. The van der Waals surface area contributed by atoms with Crippen LogP contribution in [0.4, 0.5) is 0 Å². The molecule has 6 atom stereocenters. The molecule has 0 saturated carbocycles. The zero-order chi connectivity index (χ0) is 27.6. The van der Waals surface area contributed by atoms with Gasteiger partial charge in [0.1, 0.15) is 23.2 Å². The molecule has 39 heavy (non-hydrogen) atoms. The quantitative estimate of drug-likeness (QED) is 0.296. The predicted molar refractivity (Wildman–Crippen MR) is 145 cm³/mol. The van der Waals surface area contributed by atoms with E-state index < -0.39 is 41.1 Å². The maximum Gasteiger partial charge on any atom is 0.313 e. The number of ether oxygens (including phenoxy) is 2. The number of unbranched alkanes of at least 4 members (excludes halogenated alkanes) is 2. The molecule has 2 amide bonds. The highest BCUT2D eigenvalue weighted by Gasteiger charge is 2.75. The molecular formula is C31H40N2O6. The number of rotatable bonds is 9. The molecule has 0 aliphatic carbocycles. The number of fused-ring (bicyclic) bond motifs is 2. The van der Waals surface area contributed by atoms with E-state index in [1.54, 1.807) is 4.90 Å². The van der Waals surface area contributed by atoms with Crippen molar-refractivity contribution >= 4 is 17.8 Å². The van der Waals surface area contributed by atoms with Crippen LogP contribution in [-0.2, 0) is 30.3 Å². The summed E-state index contributed by atoms with van der Waals surface area (Å²) >= 11 is 0. The lowest BCUT2D eigenvalue weighted by atomic mass is 9.73. The molecule has 1 spiro atoms. The third kappa shape index (κ3) is 4.61. The maximum absolute atomic E-state index is 14.5. The van der Waals surface area contributed by atoms with Crippen molar-refractivity contribution < 1.29 is 29.0 Å². The number of hydrogen-bond acceptors (Lipinski definition) is 6. The molecule has 8 nitrogen and oxygen atoms in total. The van der Waals surface area contributed by atoms with Gasteiger partial charge in [-0.2, -0.15) is 0 Å². The van der Waals surface area contributed by atoms with E-state index in [1.807, 2.05) is 61.6 Å². The molecule has 4 heterocycles. The summed E-state index contributed by atoms with van der Waals surface area (Å²) in [5.74, 6) is -2.82. The summed E-state index contributed by atoms with van der Waals surface area (Å²) < 4.78 is 12.5. The zero-order valence-corrected chi connectivity index (χ0v) is 23.0. The van der Waals surface area contributed by atoms with Gasteiger partial charge in [-0.15, -0.1) is 0 Å². The molecule has 1 N–H and O–H groups in total. The number of nitrogens with zero attached hydrogens (tertiary/aromatic N) is 2. The second-order valence-electron chi connectivity index (χ2n) is 11.1. The number of carbonyl (C=O) groups excluding carboxylic acids is 3. The predicted octanol–water partition coefficient (Wildman–Crippen LogP) is 3.04. The molecular weight excluding hydrogens is 496 g/mol. The van der Waals surface area contributed by atoms with Crippen molar-refractivity contribution in [2.75, 3.05) is 26.3 Å². The first-order chi connectivity index (χ1) is 18.9. The number of cyclic esters (lactones) is 1. The van der Waals surface area contributed by atoms with Crippen molar-refractivity contribution in [1.29, 1.82) is 0 Å². The van der Waals surface area contributed by atoms with E-state index in [0.29, 0.717) is 32.4 Å². The van der Waals surface area contributed by atoms with Gasteiger partial charge in [0, 0.05) is 13.1 Å². The van der Waals surface area contributed by atoms with E-state index in [-0.39, 0.29) is 25.0 Å². The summed E-state index contributed by atoms with van der Waals surface area (Å²) in [6.07, 6.45) is 11.9. The fourth-order valence-electron chi connectivity index (χ4n) is 7.00. The van der Waals surface area contributed by atoms with Gasteiger partial charge in [0.05, 0.1) is 25.2 Å². The van der Waals surface area contributed by atoms with Crippen LogP contribution >= 0.6 is 0 Å². The van der Waals surface area contributed by atoms with Gasteiger partial charge in [0.25, 0.3) is 0 Å². The summed E-state index contributed by atoms with van der Waals surface area (Å²) in [4.78, 5) is 45.8. The van der Waals surface area contributed by atoms with Crippen molar-refractivity contribution in [1.82, 2.24) is 9.80 Å². The Hall–Kier alpha value is -2.97. The molecule has 0 aromatic heterocycles. The molecule has 1 aromatic carbocycles. The van der Waals surface area contributed by atoms with Crippen LogP contribution in [-0.4, -0.2) is 82.3 Å². The molecule has 0 bridgehead atoms. The summed E-state index contributed by atoms with van der Waals surface area (Å²) in [6, 6.07) is 7.99. The number of aliphatic hydroxyl groups is 1. The molecule has 4 aliphatic rings. The number of benzene rings is 1. The molecule has 2 saturated heterocycles. The van der Waals surface area contributed by atoms with Crippen molar-refractivity contribution in [3.05, 3.63) is 60.2 Å². The molecule has 2 fully saturated rings. The van der Waals surface area contributed by atoms with Gasteiger partial charge in [0.15, 0.2) is 0 Å². The molecule has 0 radical (unpaired) electrons. The molecule has 1 unspecified atom stereocenters. The Balaban J connectivity index is 1.62. The standard InChI is InChI=1S/C31H40N2O6/c1-3-5-10-17-32-18-12-16-31-24(25-29(37)38-19-11-9-15-30(25,4-2)39-31)27(35)33(26(31)28(32)36)23(21-34)20-22-13-7-6-8-14-22/h6-9,12-16,23-26,34H,3-5,10-11,17-21H2,1-2H3/t23-,24+,25+,26?,30-,31+/m1/s1. The van der Waals surface area contributed by atoms with Crippen LogP contribution in [0.1, 0.15) is 51.5 Å². The first kappa shape index (κ1) is 27.6. The van der Waals surface area contributed by atoms with Crippen LogP contribution in [0, 0.1) is 11.8 Å². The van der Waals surface area contributed by atoms with Gasteiger partial charge in [-0.3, -0.25) is 14.4 Å². The van der Waals surface area contributed by atoms with E-state index >= 15 is 0 Å². The summed E-state index contributed by atoms with van der Waals surface area (Å²) in [5, 5.41) is 10.6. The Morgan fingerprint density at radius 1 is 1.03 bits per heavy atom. The lowest BCUT2D eigenvalue weighted by molar-refractivity contribution is -0.163. The smallest absolute Gasteiger partial charge is 0.313 e. The Bertz CT molecular complexity index is 1140. The first-order valence-electron chi connectivity index (χ1n) is 14.4. The fraction of sp³-hybridized carbons (Fsp3) is 0.581. The fourth-order valence-corrected chi connectivity index (χ4v) is 7.00. The Morgan fingerprint density at radius 3 is 2.54 bits per heavy atom. The van der Waals surface area contributed by atoms with Crippen molar-refractivity contribution in [3.8, 4) is 0 Å². The van der Waals surface area contributed by atoms with Gasteiger partial charge < -0.3 is 24.4 Å². The van der Waals surface area contributed by atoms with E-state index in [9.17, 15) is 19.5 Å². The lowest BCUT2D eigenvalue weighted by Crippen LogP contribution is -2.59. The summed E-state index contributed by atoms with van der Waals surface area (Å²) in [6.45, 7) is 4.95. The van der Waals surface area contributed by atoms with Crippen LogP contribution < -0.4 is 0 Å². The Morgan fingerprint density at radius 2 is 1.82 bits per heavy atom. The molecule has 1 aromatic rings. The number of likely N-dealkylation sites (tertiary alicyclic amines) is 1. The van der Waals surface area contributed by atoms with Crippen LogP contribution in [0.25, 0.3) is 0 Å². The Kier molecular flexibility index (Phi) is 7.96. The van der Waals surface area contributed by atoms with Crippen molar-refractivity contribution in [2.24, 2.45) is 11.8 Å². The normalized spacial score (nSPS) is 32.7. The number of esters is 1. The van der Waals surface area contributed by atoms with E-state index in [1.165, 1.54) is 4.90 Å². The number of carbonyl (C=O) groups is 3. The van der Waals surface area contributed by atoms with Crippen LogP contribution in [0.2, 0.25) is 0 Å². The van der Waals surface area contributed by atoms with Gasteiger partial charge in [-0.05, 0) is 31.2 Å². The molecule has 210 valence electrons. The average Bonchev–Trinajstić information content (AvgIpc) is 3.30. The third-order valence-electron chi connectivity index (χ3n) is 8.87. The topological polar surface area (TPSA) is 96.4 Å². The Labute approximate surface area is 230 Å². The lowest BCUT2D eigenvalue weighted by Gasteiger charge is -2.41. The largest absolute Gasteiger partial charge is 0.465 e. The second kappa shape index (κ2) is 11.3. The van der Waals surface area contributed by atoms with Crippen LogP contribution in [0.3, 0.4) is 0 Å². The monoisotopic (exact) mass is 536 g/mol. The van der Waals surface area contributed by atoms with Crippen molar-refractivity contribution in [2.45, 2.75) is 75.7 Å². The van der Waals surface area contributed by atoms with Gasteiger partial charge in [-0.25, -0.2) is 0 Å². The van der Waals surface area contributed by atoms with Crippen LogP contribution in [0.15, 0.2) is 54.6 Å². The third-order valence-corrected chi connectivity index (χ3v) is 8.87. The maximum atomic E-state index is 14.5. The summed E-state index contributed by atoms with van der Waals surface area (Å²) in [5.41, 5.74) is -1.45. The second-order valence-corrected chi connectivity index (χ2v) is 11.1. The van der Waals surface area contributed by atoms with E-state index in [2.05, 4.69) is 6.92 Å². The van der Waals surface area contributed by atoms with Gasteiger partial charge in [-0.1, -0.05) is 81.3 Å². The number of amides is 2. The number of hydrogen-bond donors (Lipinski definition) is 1. The van der Waals surface area contributed by atoms with Crippen molar-refractivity contribution in [3.63, 3.8) is 0 Å². The minimum absolute atomic E-state index is 0.198.